The molecule has 0 unspecified atom stereocenters. The summed E-state index contributed by atoms with van der Waals surface area (Å²) in [5.41, 5.74) is 2.55. The molecular formula is C21H21FN2OS. The first-order chi connectivity index (χ1) is 12.6. The quantitative estimate of drug-likeness (QED) is 0.619. The number of halogens is 1. The average molecular weight is 368 g/mol. The second-order valence-electron chi connectivity index (χ2n) is 5.94. The van der Waals surface area contributed by atoms with Crippen molar-refractivity contribution < 1.29 is 9.18 Å². The minimum Gasteiger partial charge on any atom is -0.316 e. The largest absolute Gasteiger partial charge is 0.316 e. The summed E-state index contributed by atoms with van der Waals surface area (Å²) in [6, 6.07) is 15.6. The van der Waals surface area contributed by atoms with Crippen molar-refractivity contribution in [2.24, 2.45) is 4.99 Å². The van der Waals surface area contributed by atoms with E-state index in [1.54, 1.807) is 24.3 Å². The molecule has 0 saturated heterocycles. The molecule has 26 heavy (non-hydrogen) atoms. The zero-order chi connectivity index (χ0) is 18.5. The van der Waals surface area contributed by atoms with Gasteiger partial charge in [-0.05, 0) is 55.3 Å². The first-order valence-corrected chi connectivity index (χ1v) is 9.58. The fourth-order valence-electron chi connectivity index (χ4n) is 2.89. The van der Waals surface area contributed by atoms with Crippen LogP contribution < -0.4 is 4.80 Å². The van der Waals surface area contributed by atoms with Gasteiger partial charge in [0.2, 0.25) is 0 Å². The average Bonchev–Trinajstić information content (AvgIpc) is 3.00. The highest BCUT2D eigenvalue weighted by Crippen LogP contribution is 2.27. The van der Waals surface area contributed by atoms with E-state index < -0.39 is 0 Å². The first-order valence-electron chi connectivity index (χ1n) is 8.76. The Kier molecular flexibility index (Phi) is 5.78. The number of aromatic nitrogens is 1. The molecular weight excluding hydrogens is 347 g/mol. The first kappa shape index (κ1) is 18.3. The Morgan fingerprint density at radius 2 is 1.77 bits per heavy atom. The van der Waals surface area contributed by atoms with E-state index in [-0.39, 0.29) is 11.7 Å². The predicted octanol–water partition coefficient (Wildman–Crippen LogP) is 5.07. The molecule has 1 amide bonds. The molecule has 0 N–H and O–H groups in total. The van der Waals surface area contributed by atoms with E-state index in [4.69, 9.17) is 0 Å². The lowest BCUT2D eigenvalue weighted by Gasteiger charge is -2.09. The van der Waals surface area contributed by atoms with E-state index in [2.05, 4.69) is 11.9 Å². The number of rotatable bonds is 5. The number of hydrogen-bond donors (Lipinski definition) is 0. The Morgan fingerprint density at radius 3 is 2.38 bits per heavy atom. The van der Waals surface area contributed by atoms with Crippen molar-refractivity contribution in [1.82, 2.24) is 4.57 Å². The molecule has 2 aromatic carbocycles. The highest BCUT2D eigenvalue weighted by Gasteiger charge is 2.15. The highest BCUT2D eigenvalue weighted by atomic mass is 32.1. The monoisotopic (exact) mass is 368 g/mol. The second-order valence-corrected chi connectivity index (χ2v) is 7.00. The van der Waals surface area contributed by atoms with Crippen molar-refractivity contribution in [3.05, 3.63) is 75.7 Å². The van der Waals surface area contributed by atoms with Gasteiger partial charge in [-0.2, -0.15) is 4.99 Å². The van der Waals surface area contributed by atoms with Crippen LogP contribution in [0.15, 0.2) is 59.6 Å². The zero-order valence-corrected chi connectivity index (χ0v) is 15.7. The van der Waals surface area contributed by atoms with Gasteiger partial charge in [-0.3, -0.25) is 4.79 Å². The summed E-state index contributed by atoms with van der Waals surface area (Å²) >= 11 is 1.54. The van der Waals surface area contributed by atoms with E-state index in [9.17, 15) is 9.18 Å². The Morgan fingerprint density at radius 1 is 1.08 bits per heavy atom. The molecule has 1 aromatic heterocycles. The lowest BCUT2D eigenvalue weighted by molar-refractivity contribution is 0.0998. The van der Waals surface area contributed by atoms with Crippen molar-refractivity contribution in [3.63, 3.8) is 0 Å². The maximum atomic E-state index is 13.3. The van der Waals surface area contributed by atoms with E-state index >= 15 is 0 Å². The van der Waals surface area contributed by atoms with E-state index in [0.717, 1.165) is 24.1 Å². The van der Waals surface area contributed by atoms with Crippen LogP contribution in [-0.4, -0.2) is 10.5 Å². The van der Waals surface area contributed by atoms with Crippen molar-refractivity contribution in [3.8, 4) is 11.3 Å². The standard InChI is InChI=1S/C21H21FN2OS/c1-3-8-18-19(15-11-13-17(22)14-12-15)24(4-2)21(26-18)23-20(25)16-9-6-5-7-10-16/h5-7,9-14H,3-4,8H2,1-2H3. The number of amides is 1. The van der Waals surface area contributed by atoms with Crippen LogP contribution in [0.2, 0.25) is 0 Å². The molecule has 3 aromatic rings. The third-order valence-corrected chi connectivity index (χ3v) is 5.25. The third-order valence-electron chi connectivity index (χ3n) is 4.11. The summed E-state index contributed by atoms with van der Waals surface area (Å²) in [7, 11) is 0. The van der Waals surface area contributed by atoms with Crippen LogP contribution in [0, 0.1) is 5.82 Å². The molecule has 3 nitrogen and oxygen atoms in total. The topological polar surface area (TPSA) is 34.4 Å². The molecule has 3 rings (SSSR count). The smallest absolute Gasteiger partial charge is 0.279 e. The van der Waals surface area contributed by atoms with Gasteiger partial charge >= 0.3 is 0 Å². The molecule has 0 radical (unpaired) electrons. The van der Waals surface area contributed by atoms with Gasteiger partial charge in [-0.25, -0.2) is 4.39 Å². The lowest BCUT2D eigenvalue weighted by Crippen LogP contribution is -2.17. The predicted molar refractivity (Wildman–Crippen MR) is 104 cm³/mol. The SMILES string of the molecule is CCCc1sc(=NC(=O)c2ccccc2)n(CC)c1-c1ccc(F)cc1. The fraction of sp³-hybridized carbons (Fsp3) is 0.238. The number of carbonyl (C=O) groups is 1. The number of aryl methyl sites for hydroxylation is 1. The maximum Gasteiger partial charge on any atom is 0.279 e. The van der Waals surface area contributed by atoms with Gasteiger partial charge in [0.1, 0.15) is 5.82 Å². The van der Waals surface area contributed by atoms with Crippen LogP contribution in [0.1, 0.15) is 35.5 Å². The van der Waals surface area contributed by atoms with Gasteiger partial charge in [-0.1, -0.05) is 31.5 Å². The van der Waals surface area contributed by atoms with Gasteiger partial charge < -0.3 is 4.57 Å². The van der Waals surface area contributed by atoms with Crippen LogP contribution in [-0.2, 0) is 13.0 Å². The summed E-state index contributed by atoms with van der Waals surface area (Å²) in [5, 5.41) is 0. The van der Waals surface area contributed by atoms with Gasteiger partial charge in [0, 0.05) is 17.0 Å². The minimum atomic E-state index is -0.256. The van der Waals surface area contributed by atoms with Crippen molar-refractivity contribution in [2.75, 3.05) is 0 Å². The molecule has 0 bridgehead atoms. The fourth-order valence-corrected chi connectivity index (χ4v) is 4.20. The van der Waals surface area contributed by atoms with Gasteiger partial charge in [0.05, 0.1) is 5.69 Å². The summed E-state index contributed by atoms with van der Waals surface area (Å²) in [5.74, 6) is -0.504. The summed E-state index contributed by atoms with van der Waals surface area (Å²) in [6.07, 6.45) is 1.89. The molecule has 0 atom stereocenters. The van der Waals surface area contributed by atoms with E-state index in [1.165, 1.54) is 28.3 Å². The molecule has 0 fully saturated rings. The molecule has 0 aliphatic heterocycles. The molecule has 134 valence electrons. The summed E-state index contributed by atoms with van der Waals surface area (Å²) in [6.45, 7) is 4.84. The van der Waals surface area contributed by atoms with Crippen LogP contribution in [0.25, 0.3) is 11.3 Å². The Bertz CT molecular complexity index is 956. The highest BCUT2D eigenvalue weighted by molar-refractivity contribution is 7.09. The minimum absolute atomic E-state index is 0.247. The maximum absolute atomic E-state index is 13.3. The molecule has 0 aliphatic carbocycles. The van der Waals surface area contributed by atoms with Crippen LogP contribution in [0.5, 0.6) is 0 Å². The van der Waals surface area contributed by atoms with Crippen LogP contribution in [0.3, 0.4) is 0 Å². The summed E-state index contributed by atoms with van der Waals surface area (Å²) < 4.78 is 15.4. The van der Waals surface area contributed by atoms with Gasteiger partial charge in [0.15, 0.2) is 4.80 Å². The zero-order valence-electron chi connectivity index (χ0n) is 14.9. The third kappa shape index (κ3) is 3.83. The number of hydrogen-bond acceptors (Lipinski definition) is 2. The second kappa shape index (κ2) is 8.23. The van der Waals surface area contributed by atoms with Crippen molar-refractivity contribution >= 4 is 17.2 Å². The Labute approximate surface area is 156 Å². The van der Waals surface area contributed by atoms with E-state index in [0.29, 0.717) is 16.9 Å². The normalized spacial score (nSPS) is 11.7. The van der Waals surface area contributed by atoms with Crippen molar-refractivity contribution in [1.29, 1.82) is 0 Å². The molecule has 0 saturated carbocycles. The lowest BCUT2D eigenvalue weighted by atomic mass is 10.1. The van der Waals surface area contributed by atoms with Crippen LogP contribution in [0.4, 0.5) is 4.39 Å². The Balaban J connectivity index is 2.15. The van der Waals surface area contributed by atoms with Gasteiger partial charge in [-0.15, -0.1) is 11.3 Å². The van der Waals surface area contributed by atoms with Crippen molar-refractivity contribution in [2.45, 2.75) is 33.2 Å². The van der Waals surface area contributed by atoms with Gasteiger partial charge in [0.25, 0.3) is 5.91 Å². The van der Waals surface area contributed by atoms with E-state index in [1.807, 2.05) is 29.7 Å². The molecule has 1 heterocycles. The van der Waals surface area contributed by atoms with Crippen LogP contribution >= 0.6 is 11.3 Å². The summed E-state index contributed by atoms with van der Waals surface area (Å²) in [4.78, 5) is 18.7. The molecule has 0 aliphatic rings. The number of nitrogens with zero attached hydrogens (tertiary/aromatic N) is 2. The Hall–Kier alpha value is -2.53. The number of thiazole rings is 1. The number of benzene rings is 2. The molecule has 5 heteroatoms. The molecule has 0 spiro atoms. The number of carbonyl (C=O) groups excluding carboxylic acids is 1.